The standard InChI is InChI=1S/C19H20ClNO5/c1-4-19(18(23)24,13-6-8-14(20)9-7-13)21-17(22)12-5-10-15(25-2)16(11-12)26-3/h5-11H,4H2,1-3H3,(H,21,22)(H,23,24). The number of methoxy groups -OCH3 is 2. The molecule has 0 aromatic heterocycles. The highest BCUT2D eigenvalue weighted by Crippen LogP contribution is 2.30. The number of hydrogen-bond donors (Lipinski definition) is 2. The van der Waals surface area contributed by atoms with Gasteiger partial charge in [-0.3, -0.25) is 4.79 Å². The van der Waals surface area contributed by atoms with Crippen molar-refractivity contribution in [1.29, 1.82) is 0 Å². The van der Waals surface area contributed by atoms with Crippen LogP contribution in [0.15, 0.2) is 42.5 Å². The summed E-state index contributed by atoms with van der Waals surface area (Å²) >= 11 is 5.89. The van der Waals surface area contributed by atoms with Crippen molar-refractivity contribution in [2.45, 2.75) is 18.9 Å². The Hall–Kier alpha value is -2.73. The van der Waals surface area contributed by atoms with Crippen LogP contribution < -0.4 is 14.8 Å². The van der Waals surface area contributed by atoms with Crippen LogP contribution in [-0.4, -0.2) is 31.2 Å². The molecule has 1 atom stereocenters. The van der Waals surface area contributed by atoms with Gasteiger partial charge in [-0.25, -0.2) is 4.79 Å². The van der Waals surface area contributed by atoms with Crippen LogP contribution in [0, 0.1) is 0 Å². The van der Waals surface area contributed by atoms with Crippen LogP contribution in [0.1, 0.15) is 29.3 Å². The summed E-state index contributed by atoms with van der Waals surface area (Å²) in [6.45, 7) is 1.69. The van der Waals surface area contributed by atoms with Crippen molar-refractivity contribution < 1.29 is 24.2 Å². The van der Waals surface area contributed by atoms with E-state index >= 15 is 0 Å². The lowest BCUT2D eigenvalue weighted by atomic mass is 9.87. The predicted octanol–water partition coefficient (Wildman–Crippen LogP) is 3.48. The third-order valence-corrected chi connectivity index (χ3v) is 4.46. The maximum Gasteiger partial charge on any atom is 0.334 e. The SMILES string of the molecule is CCC(NC(=O)c1ccc(OC)c(OC)c1)(C(=O)O)c1ccc(Cl)cc1. The van der Waals surface area contributed by atoms with E-state index in [4.69, 9.17) is 21.1 Å². The number of hydrogen-bond acceptors (Lipinski definition) is 4. The highest BCUT2D eigenvalue weighted by molar-refractivity contribution is 6.30. The van der Waals surface area contributed by atoms with E-state index in [0.29, 0.717) is 22.1 Å². The molecule has 138 valence electrons. The summed E-state index contributed by atoms with van der Waals surface area (Å²) in [5.74, 6) is -0.841. The molecule has 2 aromatic carbocycles. The second kappa shape index (κ2) is 8.10. The van der Waals surface area contributed by atoms with Gasteiger partial charge in [-0.05, 0) is 42.3 Å². The Morgan fingerprint density at radius 2 is 1.69 bits per heavy atom. The highest BCUT2D eigenvalue weighted by atomic mass is 35.5. The maximum atomic E-state index is 12.7. The molecule has 0 aliphatic heterocycles. The van der Waals surface area contributed by atoms with E-state index in [2.05, 4.69) is 5.32 Å². The predicted molar refractivity (Wildman–Crippen MR) is 98.1 cm³/mol. The molecule has 1 amide bonds. The van der Waals surface area contributed by atoms with Gasteiger partial charge in [0.15, 0.2) is 17.0 Å². The van der Waals surface area contributed by atoms with E-state index in [1.807, 2.05) is 0 Å². The minimum Gasteiger partial charge on any atom is -0.493 e. The van der Waals surface area contributed by atoms with Gasteiger partial charge in [0.25, 0.3) is 5.91 Å². The number of carboxylic acids is 1. The summed E-state index contributed by atoms with van der Waals surface area (Å²) in [4.78, 5) is 24.8. The molecule has 0 aliphatic carbocycles. The van der Waals surface area contributed by atoms with Crippen molar-refractivity contribution >= 4 is 23.5 Å². The van der Waals surface area contributed by atoms with Gasteiger partial charge >= 0.3 is 5.97 Å². The Morgan fingerprint density at radius 3 is 2.19 bits per heavy atom. The van der Waals surface area contributed by atoms with Gasteiger partial charge in [-0.2, -0.15) is 0 Å². The van der Waals surface area contributed by atoms with Gasteiger partial charge < -0.3 is 19.9 Å². The Balaban J connectivity index is 2.41. The molecule has 0 saturated heterocycles. The first-order valence-electron chi connectivity index (χ1n) is 7.92. The van der Waals surface area contributed by atoms with Crippen LogP contribution in [-0.2, 0) is 10.3 Å². The Morgan fingerprint density at radius 1 is 1.08 bits per heavy atom. The van der Waals surface area contributed by atoms with E-state index in [0.717, 1.165) is 0 Å². The molecule has 2 N–H and O–H groups in total. The van der Waals surface area contributed by atoms with Gasteiger partial charge in [-0.15, -0.1) is 0 Å². The average molecular weight is 378 g/mol. The fourth-order valence-electron chi connectivity index (χ4n) is 2.67. The van der Waals surface area contributed by atoms with Gasteiger partial charge in [0, 0.05) is 10.6 Å². The zero-order valence-corrected chi connectivity index (χ0v) is 15.5. The smallest absolute Gasteiger partial charge is 0.334 e. The maximum absolute atomic E-state index is 12.7. The average Bonchev–Trinajstić information content (AvgIpc) is 2.65. The normalized spacial score (nSPS) is 12.8. The zero-order valence-electron chi connectivity index (χ0n) is 14.7. The molecular weight excluding hydrogens is 358 g/mol. The van der Waals surface area contributed by atoms with E-state index in [1.165, 1.54) is 20.3 Å². The molecule has 26 heavy (non-hydrogen) atoms. The minimum atomic E-state index is -1.57. The van der Waals surface area contributed by atoms with Gasteiger partial charge in [0.05, 0.1) is 14.2 Å². The lowest BCUT2D eigenvalue weighted by molar-refractivity contribution is -0.145. The highest BCUT2D eigenvalue weighted by Gasteiger charge is 2.40. The number of rotatable bonds is 7. The van der Waals surface area contributed by atoms with E-state index in [9.17, 15) is 14.7 Å². The number of benzene rings is 2. The Kier molecular flexibility index (Phi) is 6.10. The van der Waals surface area contributed by atoms with Crippen molar-refractivity contribution in [2.75, 3.05) is 14.2 Å². The van der Waals surface area contributed by atoms with Crippen molar-refractivity contribution in [3.63, 3.8) is 0 Å². The van der Waals surface area contributed by atoms with Gasteiger partial charge in [0.1, 0.15) is 0 Å². The van der Waals surface area contributed by atoms with Crippen LogP contribution in [0.3, 0.4) is 0 Å². The van der Waals surface area contributed by atoms with Crippen LogP contribution in [0.5, 0.6) is 11.5 Å². The Labute approximate surface area is 156 Å². The van der Waals surface area contributed by atoms with E-state index in [-0.39, 0.29) is 12.0 Å². The summed E-state index contributed by atoms with van der Waals surface area (Å²) in [6.07, 6.45) is 0.156. The van der Waals surface area contributed by atoms with Gasteiger partial charge in [-0.1, -0.05) is 30.7 Å². The van der Waals surface area contributed by atoms with Crippen molar-refractivity contribution in [1.82, 2.24) is 5.32 Å². The lowest BCUT2D eigenvalue weighted by Crippen LogP contribution is -2.51. The van der Waals surface area contributed by atoms with Crippen LogP contribution in [0.2, 0.25) is 5.02 Å². The van der Waals surface area contributed by atoms with Crippen LogP contribution in [0.25, 0.3) is 0 Å². The number of nitrogens with one attached hydrogen (secondary N) is 1. The van der Waals surface area contributed by atoms with Crippen LogP contribution in [0.4, 0.5) is 0 Å². The minimum absolute atomic E-state index is 0.156. The second-order valence-electron chi connectivity index (χ2n) is 5.59. The molecule has 0 saturated carbocycles. The fourth-order valence-corrected chi connectivity index (χ4v) is 2.80. The summed E-state index contributed by atoms with van der Waals surface area (Å²) < 4.78 is 10.3. The molecule has 2 rings (SSSR count). The molecule has 0 fully saturated rings. The molecule has 0 radical (unpaired) electrons. The number of carbonyl (C=O) groups excluding carboxylic acids is 1. The number of carboxylic acid groups (broad SMARTS) is 1. The van der Waals surface area contributed by atoms with E-state index < -0.39 is 17.4 Å². The van der Waals surface area contributed by atoms with Crippen molar-refractivity contribution in [3.8, 4) is 11.5 Å². The molecule has 0 aliphatic rings. The topological polar surface area (TPSA) is 84.9 Å². The molecular formula is C19H20ClNO5. The molecule has 0 spiro atoms. The second-order valence-corrected chi connectivity index (χ2v) is 6.03. The number of amides is 1. The van der Waals surface area contributed by atoms with Crippen molar-refractivity contribution in [2.24, 2.45) is 0 Å². The Bertz CT molecular complexity index is 806. The van der Waals surface area contributed by atoms with Crippen LogP contribution >= 0.6 is 11.6 Å². The molecule has 6 nitrogen and oxygen atoms in total. The summed E-state index contributed by atoms with van der Waals surface area (Å²) in [5, 5.41) is 13.0. The molecule has 2 aromatic rings. The first-order valence-corrected chi connectivity index (χ1v) is 8.29. The van der Waals surface area contributed by atoms with Crippen molar-refractivity contribution in [3.05, 3.63) is 58.6 Å². The summed E-state index contributed by atoms with van der Waals surface area (Å²) in [7, 11) is 2.95. The number of halogens is 1. The van der Waals surface area contributed by atoms with E-state index in [1.54, 1.807) is 43.3 Å². The first-order chi connectivity index (χ1) is 12.4. The summed E-state index contributed by atoms with van der Waals surface area (Å²) in [5.41, 5.74) is -0.879. The quantitative estimate of drug-likeness (QED) is 0.771. The molecule has 1 unspecified atom stereocenters. The monoisotopic (exact) mass is 377 g/mol. The lowest BCUT2D eigenvalue weighted by Gasteiger charge is -2.30. The first kappa shape index (κ1) is 19.6. The molecule has 7 heteroatoms. The van der Waals surface area contributed by atoms with Gasteiger partial charge in [0.2, 0.25) is 0 Å². The third kappa shape index (κ3) is 3.75. The molecule has 0 bridgehead atoms. The number of carbonyl (C=O) groups is 2. The number of aliphatic carboxylic acids is 1. The molecule has 0 heterocycles. The number of ether oxygens (including phenoxy) is 2. The zero-order chi connectivity index (χ0) is 19.3. The fraction of sp³-hybridized carbons (Fsp3) is 0.263. The third-order valence-electron chi connectivity index (χ3n) is 4.21. The summed E-state index contributed by atoms with van der Waals surface area (Å²) in [6, 6.07) is 11.0. The largest absolute Gasteiger partial charge is 0.493 e.